The van der Waals surface area contributed by atoms with Gasteiger partial charge in [-0.3, -0.25) is 4.98 Å². The molecule has 1 aromatic carbocycles. The molecule has 1 N–H and O–H groups in total. The Bertz CT molecular complexity index is 573. The Hall–Kier alpha value is -0.610. The summed E-state index contributed by atoms with van der Waals surface area (Å²) in [5.74, 6) is 0. The molecule has 1 unspecified atom stereocenters. The van der Waals surface area contributed by atoms with Crippen LogP contribution in [-0.2, 0) is 0 Å². The van der Waals surface area contributed by atoms with Crippen molar-refractivity contribution in [3.8, 4) is 0 Å². The van der Waals surface area contributed by atoms with Gasteiger partial charge in [-0.1, -0.05) is 42.3 Å². The topological polar surface area (TPSA) is 24.9 Å². The summed E-state index contributed by atoms with van der Waals surface area (Å²) in [6.07, 6.45) is 2.82. The third kappa shape index (κ3) is 3.73. The van der Waals surface area contributed by atoms with Gasteiger partial charge in [-0.05, 0) is 52.7 Å². The number of halogens is 3. The normalized spacial score (nSPS) is 12.4. The standard InChI is InChI=1S/C15H15BrCl2N2/c1-2-8-19-15(13-7-6-10(16)9-20-13)11-4-3-5-12(17)14(11)18/h3-7,9,15,19H,2,8H2,1H3. The Morgan fingerprint density at radius 2 is 2.05 bits per heavy atom. The molecular formula is C15H15BrCl2N2. The molecule has 0 aliphatic heterocycles. The predicted octanol–water partition coefficient (Wildman–Crippen LogP) is 5.24. The van der Waals surface area contributed by atoms with Crippen molar-refractivity contribution in [3.63, 3.8) is 0 Å². The summed E-state index contributed by atoms with van der Waals surface area (Å²) < 4.78 is 0.952. The number of benzene rings is 1. The first-order valence-corrected chi connectivity index (χ1v) is 7.97. The van der Waals surface area contributed by atoms with Crippen LogP contribution in [-0.4, -0.2) is 11.5 Å². The van der Waals surface area contributed by atoms with Crippen LogP contribution in [0.4, 0.5) is 0 Å². The smallest absolute Gasteiger partial charge is 0.0766 e. The van der Waals surface area contributed by atoms with E-state index in [1.54, 1.807) is 12.3 Å². The molecule has 2 nitrogen and oxygen atoms in total. The summed E-state index contributed by atoms with van der Waals surface area (Å²) in [6.45, 7) is 3.00. The fraction of sp³-hybridized carbons (Fsp3) is 0.267. The number of hydrogen-bond donors (Lipinski definition) is 1. The molecule has 2 aromatic rings. The van der Waals surface area contributed by atoms with Gasteiger partial charge < -0.3 is 5.32 Å². The van der Waals surface area contributed by atoms with E-state index in [0.717, 1.165) is 28.7 Å². The first-order valence-electron chi connectivity index (χ1n) is 6.42. The molecule has 106 valence electrons. The molecule has 0 aliphatic rings. The fourth-order valence-electron chi connectivity index (χ4n) is 1.96. The fourth-order valence-corrected chi connectivity index (χ4v) is 2.62. The van der Waals surface area contributed by atoms with Gasteiger partial charge in [-0.15, -0.1) is 0 Å². The Morgan fingerprint density at radius 3 is 2.70 bits per heavy atom. The van der Waals surface area contributed by atoms with Crippen LogP contribution in [0.25, 0.3) is 0 Å². The number of hydrogen-bond acceptors (Lipinski definition) is 2. The first kappa shape index (κ1) is 15.8. The molecule has 0 saturated heterocycles. The zero-order valence-electron chi connectivity index (χ0n) is 11.0. The van der Waals surface area contributed by atoms with Crippen molar-refractivity contribution in [2.75, 3.05) is 6.54 Å². The van der Waals surface area contributed by atoms with E-state index in [9.17, 15) is 0 Å². The van der Waals surface area contributed by atoms with Crippen LogP contribution in [0.2, 0.25) is 10.0 Å². The molecular weight excluding hydrogens is 359 g/mol. The zero-order chi connectivity index (χ0) is 14.5. The van der Waals surface area contributed by atoms with Crippen LogP contribution < -0.4 is 5.32 Å². The third-order valence-electron chi connectivity index (χ3n) is 2.94. The molecule has 0 aliphatic carbocycles. The molecule has 0 saturated carbocycles. The molecule has 5 heteroatoms. The van der Waals surface area contributed by atoms with E-state index in [0.29, 0.717) is 10.0 Å². The van der Waals surface area contributed by atoms with Gasteiger partial charge >= 0.3 is 0 Å². The van der Waals surface area contributed by atoms with Crippen molar-refractivity contribution in [1.29, 1.82) is 0 Å². The molecule has 0 radical (unpaired) electrons. The Morgan fingerprint density at radius 1 is 1.25 bits per heavy atom. The maximum Gasteiger partial charge on any atom is 0.0766 e. The van der Waals surface area contributed by atoms with Crippen LogP contribution in [0.5, 0.6) is 0 Å². The molecule has 0 bridgehead atoms. The molecule has 0 amide bonds. The van der Waals surface area contributed by atoms with Gasteiger partial charge in [-0.2, -0.15) is 0 Å². The summed E-state index contributed by atoms with van der Waals surface area (Å²) in [4.78, 5) is 4.47. The van der Waals surface area contributed by atoms with Crippen LogP contribution in [0.15, 0.2) is 41.0 Å². The van der Waals surface area contributed by atoms with E-state index in [-0.39, 0.29) is 6.04 Å². The molecule has 0 spiro atoms. The molecule has 0 fully saturated rings. The van der Waals surface area contributed by atoms with Crippen molar-refractivity contribution >= 4 is 39.1 Å². The largest absolute Gasteiger partial charge is 0.305 e. The van der Waals surface area contributed by atoms with Gasteiger partial charge in [0.15, 0.2) is 0 Å². The lowest BCUT2D eigenvalue weighted by atomic mass is 10.0. The lowest BCUT2D eigenvalue weighted by molar-refractivity contribution is 0.586. The van der Waals surface area contributed by atoms with Gasteiger partial charge in [0.1, 0.15) is 0 Å². The second-order valence-electron chi connectivity index (χ2n) is 4.43. The van der Waals surface area contributed by atoms with Gasteiger partial charge in [0.05, 0.1) is 21.8 Å². The van der Waals surface area contributed by atoms with Crippen molar-refractivity contribution in [2.45, 2.75) is 19.4 Å². The first-order chi connectivity index (χ1) is 9.63. The summed E-state index contributed by atoms with van der Waals surface area (Å²) in [6, 6.07) is 9.57. The van der Waals surface area contributed by atoms with E-state index in [1.807, 2.05) is 24.3 Å². The third-order valence-corrected chi connectivity index (χ3v) is 4.24. The van der Waals surface area contributed by atoms with Gasteiger partial charge in [-0.25, -0.2) is 0 Å². The zero-order valence-corrected chi connectivity index (χ0v) is 14.1. The van der Waals surface area contributed by atoms with Crippen LogP contribution in [0.3, 0.4) is 0 Å². The second kappa shape index (κ2) is 7.41. The lowest BCUT2D eigenvalue weighted by Gasteiger charge is -2.20. The van der Waals surface area contributed by atoms with E-state index in [1.165, 1.54) is 0 Å². The SMILES string of the molecule is CCCNC(c1ccc(Br)cn1)c1cccc(Cl)c1Cl. The summed E-state index contributed by atoms with van der Waals surface area (Å²) >= 11 is 15.9. The lowest BCUT2D eigenvalue weighted by Crippen LogP contribution is -2.24. The maximum absolute atomic E-state index is 6.34. The monoisotopic (exact) mass is 372 g/mol. The molecule has 2 rings (SSSR count). The van der Waals surface area contributed by atoms with Crippen molar-refractivity contribution < 1.29 is 0 Å². The summed E-state index contributed by atoms with van der Waals surface area (Å²) in [5, 5.41) is 4.60. The van der Waals surface area contributed by atoms with Crippen molar-refractivity contribution in [3.05, 3.63) is 62.3 Å². The van der Waals surface area contributed by atoms with Crippen molar-refractivity contribution in [1.82, 2.24) is 10.3 Å². The summed E-state index contributed by atoms with van der Waals surface area (Å²) in [7, 11) is 0. The number of nitrogens with zero attached hydrogens (tertiary/aromatic N) is 1. The number of nitrogens with one attached hydrogen (secondary N) is 1. The minimum Gasteiger partial charge on any atom is -0.305 e. The van der Waals surface area contributed by atoms with E-state index in [4.69, 9.17) is 23.2 Å². The summed E-state index contributed by atoms with van der Waals surface area (Å²) in [5.41, 5.74) is 1.87. The Balaban J connectivity index is 2.41. The van der Waals surface area contributed by atoms with Crippen LogP contribution in [0.1, 0.15) is 30.6 Å². The highest BCUT2D eigenvalue weighted by Crippen LogP contribution is 2.32. The van der Waals surface area contributed by atoms with E-state index < -0.39 is 0 Å². The van der Waals surface area contributed by atoms with Gasteiger partial charge in [0.25, 0.3) is 0 Å². The number of rotatable bonds is 5. The maximum atomic E-state index is 6.34. The van der Waals surface area contributed by atoms with Crippen molar-refractivity contribution in [2.24, 2.45) is 0 Å². The highest BCUT2D eigenvalue weighted by molar-refractivity contribution is 9.10. The minimum absolute atomic E-state index is 0.0609. The average molecular weight is 374 g/mol. The van der Waals surface area contributed by atoms with E-state index >= 15 is 0 Å². The van der Waals surface area contributed by atoms with E-state index in [2.05, 4.69) is 33.2 Å². The quantitative estimate of drug-likeness (QED) is 0.775. The van der Waals surface area contributed by atoms with Gasteiger partial charge in [0, 0.05) is 10.7 Å². The minimum atomic E-state index is -0.0609. The Labute approximate surface area is 137 Å². The Kier molecular flexibility index (Phi) is 5.85. The molecule has 1 atom stereocenters. The number of pyridine rings is 1. The van der Waals surface area contributed by atoms with Crippen LogP contribution in [0, 0.1) is 0 Å². The molecule has 20 heavy (non-hydrogen) atoms. The average Bonchev–Trinajstić information content (AvgIpc) is 2.45. The molecule has 1 heterocycles. The predicted molar refractivity (Wildman–Crippen MR) is 88.5 cm³/mol. The van der Waals surface area contributed by atoms with Crippen LogP contribution >= 0.6 is 39.1 Å². The number of aromatic nitrogens is 1. The highest BCUT2D eigenvalue weighted by Gasteiger charge is 2.18. The second-order valence-corrected chi connectivity index (χ2v) is 6.13. The highest BCUT2D eigenvalue weighted by atomic mass is 79.9. The molecule has 1 aromatic heterocycles. The van der Waals surface area contributed by atoms with Gasteiger partial charge in [0.2, 0.25) is 0 Å².